The number of nitrogens with zero attached hydrogens (tertiary/aromatic N) is 3. The van der Waals surface area contributed by atoms with E-state index in [9.17, 15) is 4.39 Å². The number of fused-ring (bicyclic) bond motifs is 1. The Morgan fingerprint density at radius 1 is 0.840 bits per heavy atom. The molecule has 0 fully saturated rings. The molecule has 0 bridgehead atoms. The largest absolute Gasteiger partial charge is 0.481 e. The van der Waals surface area contributed by atoms with E-state index in [-0.39, 0.29) is 5.82 Å². The maximum atomic E-state index is 13.6. The number of rotatable bonds is 3. The Morgan fingerprint density at radius 3 is 2.48 bits per heavy atom. The van der Waals surface area contributed by atoms with Crippen LogP contribution in [-0.2, 0) is 0 Å². The van der Waals surface area contributed by atoms with Crippen molar-refractivity contribution in [3.63, 3.8) is 0 Å². The molecular formula is C20H14FN3O. The molecule has 2 heterocycles. The van der Waals surface area contributed by atoms with Crippen LogP contribution in [0, 0.1) is 5.82 Å². The fourth-order valence-corrected chi connectivity index (χ4v) is 2.77. The van der Waals surface area contributed by atoms with Gasteiger partial charge in [-0.05, 0) is 35.9 Å². The summed E-state index contributed by atoms with van der Waals surface area (Å²) in [5.41, 5.74) is 4.16. The molecule has 0 atom stereocenters. The molecule has 0 N–H and O–H groups in total. The van der Waals surface area contributed by atoms with Gasteiger partial charge < -0.3 is 4.74 Å². The zero-order valence-corrected chi connectivity index (χ0v) is 13.5. The van der Waals surface area contributed by atoms with E-state index >= 15 is 0 Å². The summed E-state index contributed by atoms with van der Waals surface area (Å²) in [6, 6.07) is 16.1. The number of aromatic nitrogens is 3. The number of pyridine rings is 1. The van der Waals surface area contributed by atoms with Gasteiger partial charge in [0.15, 0.2) is 0 Å². The Morgan fingerprint density at radius 2 is 1.72 bits per heavy atom. The molecule has 4 rings (SSSR count). The van der Waals surface area contributed by atoms with E-state index in [2.05, 4.69) is 15.0 Å². The summed E-state index contributed by atoms with van der Waals surface area (Å²) in [6.07, 6.45) is 3.25. The second-order valence-corrected chi connectivity index (χ2v) is 5.55. The molecule has 0 radical (unpaired) electrons. The Labute approximate surface area is 144 Å². The lowest BCUT2D eigenvalue weighted by atomic mass is 10.0. The van der Waals surface area contributed by atoms with Crippen molar-refractivity contribution >= 4 is 10.9 Å². The highest BCUT2D eigenvalue weighted by Crippen LogP contribution is 2.30. The maximum absolute atomic E-state index is 13.6. The van der Waals surface area contributed by atoms with Gasteiger partial charge in [-0.2, -0.15) is 0 Å². The van der Waals surface area contributed by atoms with Crippen LogP contribution < -0.4 is 4.74 Å². The zero-order valence-electron chi connectivity index (χ0n) is 13.5. The lowest BCUT2D eigenvalue weighted by Crippen LogP contribution is -1.91. The van der Waals surface area contributed by atoms with E-state index in [1.165, 1.54) is 18.5 Å². The van der Waals surface area contributed by atoms with Gasteiger partial charge in [-0.15, -0.1) is 0 Å². The third-order valence-electron chi connectivity index (χ3n) is 4.01. The third-order valence-corrected chi connectivity index (χ3v) is 4.01. The van der Waals surface area contributed by atoms with Crippen LogP contribution in [0.4, 0.5) is 4.39 Å². The highest BCUT2D eigenvalue weighted by molar-refractivity contribution is 5.94. The lowest BCUT2D eigenvalue weighted by molar-refractivity contribution is 0.398. The van der Waals surface area contributed by atoms with Gasteiger partial charge in [0.05, 0.1) is 18.3 Å². The summed E-state index contributed by atoms with van der Waals surface area (Å²) in [4.78, 5) is 12.9. The molecule has 2 aromatic carbocycles. The van der Waals surface area contributed by atoms with Crippen LogP contribution in [0.3, 0.4) is 0 Å². The summed E-state index contributed by atoms with van der Waals surface area (Å²) in [7, 11) is 1.58. The Hall–Kier alpha value is -3.34. The number of halogens is 1. The van der Waals surface area contributed by atoms with Crippen molar-refractivity contribution in [2.24, 2.45) is 0 Å². The molecule has 4 nitrogen and oxygen atoms in total. The Kier molecular flexibility index (Phi) is 3.82. The summed E-state index contributed by atoms with van der Waals surface area (Å²) >= 11 is 0. The first-order chi connectivity index (χ1) is 12.2. The molecule has 0 aliphatic carbocycles. The molecule has 0 unspecified atom stereocenters. The van der Waals surface area contributed by atoms with E-state index in [0.717, 1.165) is 27.6 Å². The predicted molar refractivity (Wildman–Crippen MR) is 94.7 cm³/mol. The van der Waals surface area contributed by atoms with Gasteiger partial charge in [-0.25, -0.2) is 19.3 Å². The summed E-state index contributed by atoms with van der Waals surface area (Å²) < 4.78 is 18.7. The van der Waals surface area contributed by atoms with Gasteiger partial charge in [0, 0.05) is 28.8 Å². The molecule has 25 heavy (non-hydrogen) atoms. The lowest BCUT2D eigenvalue weighted by Gasteiger charge is -2.08. The van der Waals surface area contributed by atoms with Crippen molar-refractivity contribution in [1.29, 1.82) is 0 Å². The standard InChI is InChI=1S/C20H14FN3O/c1-25-19-8-6-15(11-22-19)13-5-7-18-17(10-13)20(24-12-23-18)14-3-2-4-16(21)9-14/h2-12H,1H3. The second kappa shape index (κ2) is 6.28. The fourth-order valence-electron chi connectivity index (χ4n) is 2.77. The minimum Gasteiger partial charge on any atom is -0.481 e. The number of ether oxygens (including phenoxy) is 1. The maximum Gasteiger partial charge on any atom is 0.212 e. The molecule has 4 aromatic rings. The van der Waals surface area contributed by atoms with Crippen LogP contribution in [0.25, 0.3) is 33.3 Å². The SMILES string of the molecule is COc1ccc(-c2ccc3ncnc(-c4cccc(F)c4)c3c2)cn1. The fraction of sp³-hybridized carbons (Fsp3) is 0.0500. The monoisotopic (exact) mass is 331 g/mol. The summed E-state index contributed by atoms with van der Waals surface area (Å²) in [6.45, 7) is 0. The first kappa shape index (κ1) is 15.2. The van der Waals surface area contributed by atoms with Crippen LogP contribution in [-0.4, -0.2) is 22.1 Å². The molecular weight excluding hydrogens is 317 g/mol. The van der Waals surface area contributed by atoms with Gasteiger partial charge >= 0.3 is 0 Å². The topological polar surface area (TPSA) is 47.9 Å². The molecule has 0 aliphatic rings. The first-order valence-corrected chi connectivity index (χ1v) is 7.76. The van der Waals surface area contributed by atoms with Crippen LogP contribution in [0.1, 0.15) is 0 Å². The Bertz CT molecular complexity index is 1050. The van der Waals surface area contributed by atoms with Gasteiger partial charge in [0.1, 0.15) is 12.1 Å². The third kappa shape index (κ3) is 2.92. The van der Waals surface area contributed by atoms with Crippen molar-refractivity contribution in [3.05, 3.63) is 72.9 Å². The van der Waals surface area contributed by atoms with Gasteiger partial charge in [-0.1, -0.05) is 18.2 Å². The quantitative estimate of drug-likeness (QED) is 0.554. The molecule has 122 valence electrons. The van der Waals surface area contributed by atoms with E-state index in [4.69, 9.17) is 4.74 Å². The highest BCUT2D eigenvalue weighted by Gasteiger charge is 2.09. The van der Waals surface area contributed by atoms with Crippen molar-refractivity contribution in [3.8, 4) is 28.3 Å². The number of hydrogen-bond acceptors (Lipinski definition) is 4. The molecule has 0 saturated heterocycles. The summed E-state index contributed by atoms with van der Waals surface area (Å²) in [5.74, 6) is 0.271. The van der Waals surface area contributed by atoms with Crippen molar-refractivity contribution in [2.75, 3.05) is 7.11 Å². The molecule has 0 aliphatic heterocycles. The molecule has 0 spiro atoms. The average molecular weight is 331 g/mol. The Balaban J connectivity index is 1.87. The average Bonchev–Trinajstić information content (AvgIpc) is 2.67. The minimum absolute atomic E-state index is 0.292. The van der Waals surface area contributed by atoms with Crippen LogP contribution in [0.15, 0.2) is 67.1 Å². The first-order valence-electron chi connectivity index (χ1n) is 7.76. The van der Waals surface area contributed by atoms with E-state index in [0.29, 0.717) is 11.6 Å². The van der Waals surface area contributed by atoms with Crippen molar-refractivity contribution < 1.29 is 9.13 Å². The smallest absolute Gasteiger partial charge is 0.212 e. The van der Waals surface area contributed by atoms with Crippen LogP contribution in [0.2, 0.25) is 0 Å². The van der Waals surface area contributed by atoms with Gasteiger partial charge in [0.25, 0.3) is 0 Å². The van der Waals surface area contributed by atoms with Crippen LogP contribution in [0.5, 0.6) is 5.88 Å². The zero-order chi connectivity index (χ0) is 17.2. The van der Waals surface area contributed by atoms with Gasteiger partial charge in [0.2, 0.25) is 5.88 Å². The second-order valence-electron chi connectivity index (χ2n) is 5.55. The van der Waals surface area contributed by atoms with Crippen LogP contribution >= 0.6 is 0 Å². The summed E-state index contributed by atoms with van der Waals surface area (Å²) in [5, 5.41) is 0.862. The number of hydrogen-bond donors (Lipinski definition) is 0. The van der Waals surface area contributed by atoms with E-state index in [1.54, 1.807) is 19.4 Å². The molecule has 2 aromatic heterocycles. The van der Waals surface area contributed by atoms with Crippen molar-refractivity contribution in [1.82, 2.24) is 15.0 Å². The van der Waals surface area contributed by atoms with Gasteiger partial charge in [-0.3, -0.25) is 0 Å². The van der Waals surface area contributed by atoms with Crippen molar-refractivity contribution in [2.45, 2.75) is 0 Å². The highest BCUT2D eigenvalue weighted by atomic mass is 19.1. The molecule has 0 amide bonds. The molecule has 5 heteroatoms. The minimum atomic E-state index is -0.292. The number of methoxy groups -OCH3 is 1. The predicted octanol–water partition coefficient (Wildman–Crippen LogP) is 4.51. The normalized spacial score (nSPS) is 10.8. The number of benzene rings is 2. The molecule has 0 saturated carbocycles. The van der Waals surface area contributed by atoms with E-state index < -0.39 is 0 Å². The van der Waals surface area contributed by atoms with E-state index in [1.807, 2.05) is 36.4 Å².